The molecule has 0 unspecified atom stereocenters. The van der Waals surface area contributed by atoms with Crippen molar-refractivity contribution in [3.05, 3.63) is 42.5 Å². The van der Waals surface area contributed by atoms with Crippen LogP contribution in [0.4, 0.5) is 5.69 Å². The first-order valence-corrected chi connectivity index (χ1v) is 6.61. The van der Waals surface area contributed by atoms with Crippen molar-refractivity contribution in [3.8, 4) is 0 Å². The molecular weight excluding hydrogens is 206 g/mol. The van der Waals surface area contributed by atoms with Gasteiger partial charge in [0.05, 0.1) is 19.6 Å². The first-order chi connectivity index (χ1) is 8.27. The molecule has 90 valence electrons. The molecule has 0 amide bonds. The minimum Gasteiger partial charge on any atom is -0.291 e. The number of rotatable bonds is 4. The topological polar surface area (TPSA) is 0 Å². The van der Waals surface area contributed by atoms with Crippen molar-refractivity contribution in [1.82, 2.24) is 4.48 Å². The van der Waals surface area contributed by atoms with Crippen molar-refractivity contribution in [2.45, 2.75) is 20.8 Å². The van der Waals surface area contributed by atoms with Gasteiger partial charge in [-0.25, -0.2) is 0 Å². The highest BCUT2D eigenvalue weighted by atomic mass is 15.3. The molecule has 0 aliphatic rings. The lowest BCUT2D eigenvalue weighted by Gasteiger charge is -2.36. The average molecular weight is 228 g/mol. The van der Waals surface area contributed by atoms with E-state index in [-0.39, 0.29) is 0 Å². The Balaban J connectivity index is 2.69. The monoisotopic (exact) mass is 228 g/mol. The summed E-state index contributed by atoms with van der Waals surface area (Å²) in [7, 11) is 0. The first-order valence-electron chi connectivity index (χ1n) is 6.61. The van der Waals surface area contributed by atoms with E-state index in [1.807, 2.05) is 0 Å². The van der Waals surface area contributed by atoms with Crippen molar-refractivity contribution < 1.29 is 0 Å². The van der Waals surface area contributed by atoms with Gasteiger partial charge >= 0.3 is 0 Å². The zero-order chi connectivity index (χ0) is 12.3. The van der Waals surface area contributed by atoms with E-state index in [0.29, 0.717) is 0 Å². The van der Waals surface area contributed by atoms with Gasteiger partial charge in [-0.1, -0.05) is 30.3 Å². The Morgan fingerprint density at radius 1 is 0.765 bits per heavy atom. The summed E-state index contributed by atoms with van der Waals surface area (Å²) in [5.74, 6) is 0. The first kappa shape index (κ1) is 12.1. The number of nitrogens with zero attached hydrogens (tertiary/aromatic N) is 1. The lowest BCUT2D eigenvalue weighted by Crippen LogP contribution is -2.48. The smallest absolute Gasteiger partial charge is 0.140 e. The quantitative estimate of drug-likeness (QED) is 0.688. The fourth-order valence-corrected chi connectivity index (χ4v) is 2.80. The molecule has 17 heavy (non-hydrogen) atoms. The van der Waals surface area contributed by atoms with Gasteiger partial charge in [-0.2, -0.15) is 0 Å². The minimum atomic E-state index is 1.07. The van der Waals surface area contributed by atoms with Crippen molar-refractivity contribution in [2.75, 3.05) is 19.6 Å². The summed E-state index contributed by atoms with van der Waals surface area (Å²) in [6, 6.07) is 15.4. The molecule has 0 aliphatic heterocycles. The van der Waals surface area contributed by atoms with Crippen LogP contribution in [0.5, 0.6) is 0 Å². The molecule has 0 heterocycles. The van der Waals surface area contributed by atoms with Gasteiger partial charge in [0.1, 0.15) is 5.69 Å². The maximum Gasteiger partial charge on any atom is 0.140 e. The maximum atomic E-state index is 2.29. The Kier molecular flexibility index (Phi) is 3.49. The summed E-state index contributed by atoms with van der Waals surface area (Å²) in [5, 5.41) is 2.75. The molecule has 0 aromatic heterocycles. The van der Waals surface area contributed by atoms with Crippen LogP contribution in [-0.2, 0) is 0 Å². The maximum absolute atomic E-state index is 2.29. The predicted octanol–water partition coefficient (Wildman–Crippen LogP) is 4.21. The van der Waals surface area contributed by atoms with Crippen LogP contribution in [0, 0.1) is 0 Å². The van der Waals surface area contributed by atoms with Gasteiger partial charge < -0.3 is 0 Å². The Labute approximate surface area is 104 Å². The summed E-state index contributed by atoms with van der Waals surface area (Å²) >= 11 is 0. The van der Waals surface area contributed by atoms with Crippen LogP contribution in [-0.4, -0.2) is 19.6 Å². The molecule has 0 fully saturated rings. The van der Waals surface area contributed by atoms with Gasteiger partial charge in [0.2, 0.25) is 0 Å². The molecule has 0 N–H and O–H groups in total. The molecule has 2 aromatic rings. The Hall–Kier alpha value is -1.34. The third-order valence-electron chi connectivity index (χ3n) is 4.09. The Morgan fingerprint density at radius 2 is 1.35 bits per heavy atom. The summed E-state index contributed by atoms with van der Waals surface area (Å²) in [5.41, 5.74) is 1.47. The molecule has 0 radical (unpaired) electrons. The van der Waals surface area contributed by atoms with E-state index in [9.17, 15) is 0 Å². The highest BCUT2D eigenvalue weighted by Crippen LogP contribution is 2.31. The summed E-state index contributed by atoms with van der Waals surface area (Å²) in [6.45, 7) is 10.3. The molecule has 0 aliphatic carbocycles. The van der Waals surface area contributed by atoms with Crippen molar-refractivity contribution >= 4 is 16.5 Å². The van der Waals surface area contributed by atoms with Crippen molar-refractivity contribution in [3.63, 3.8) is 0 Å². The minimum absolute atomic E-state index is 1.07. The fourth-order valence-electron chi connectivity index (χ4n) is 2.80. The number of hydrogen-bond donors (Lipinski definition) is 0. The molecule has 2 aromatic carbocycles. The van der Waals surface area contributed by atoms with E-state index in [0.717, 1.165) is 24.1 Å². The van der Waals surface area contributed by atoms with Crippen molar-refractivity contribution in [2.24, 2.45) is 0 Å². The number of fused-ring (bicyclic) bond motifs is 1. The normalized spacial score (nSPS) is 11.9. The molecule has 1 heteroatoms. The largest absolute Gasteiger partial charge is 0.291 e. The van der Waals surface area contributed by atoms with E-state index < -0.39 is 0 Å². The van der Waals surface area contributed by atoms with Gasteiger partial charge in [0, 0.05) is 5.39 Å². The number of benzene rings is 2. The average Bonchev–Trinajstić information content (AvgIpc) is 2.41. The second-order valence-electron chi connectivity index (χ2n) is 4.59. The van der Waals surface area contributed by atoms with Gasteiger partial charge in [-0.15, -0.1) is 0 Å². The van der Waals surface area contributed by atoms with E-state index in [2.05, 4.69) is 63.2 Å². The number of hydrogen-bond acceptors (Lipinski definition) is 0. The molecule has 0 bridgehead atoms. The highest BCUT2D eigenvalue weighted by molar-refractivity contribution is 5.93. The molecule has 0 saturated heterocycles. The van der Waals surface area contributed by atoms with Crippen LogP contribution < -0.4 is 4.48 Å². The summed E-state index contributed by atoms with van der Waals surface area (Å²) < 4.78 is 1.07. The molecule has 0 spiro atoms. The Morgan fingerprint density at radius 3 is 2.00 bits per heavy atom. The van der Waals surface area contributed by atoms with Gasteiger partial charge in [-0.3, -0.25) is 4.48 Å². The summed E-state index contributed by atoms with van der Waals surface area (Å²) in [6.07, 6.45) is 0. The van der Waals surface area contributed by atoms with E-state index in [4.69, 9.17) is 0 Å². The van der Waals surface area contributed by atoms with Crippen LogP contribution in [0.15, 0.2) is 42.5 Å². The second-order valence-corrected chi connectivity index (χ2v) is 4.59. The van der Waals surface area contributed by atoms with Crippen molar-refractivity contribution in [1.29, 1.82) is 0 Å². The van der Waals surface area contributed by atoms with E-state index in [1.165, 1.54) is 16.5 Å². The molecule has 2 rings (SSSR count). The number of quaternary nitrogens is 1. The van der Waals surface area contributed by atoms with E-state index >= 15 is 0 Å². The Bertz CT molecular complexity index is 484. The summed E-state index contributed by atoms with van der Waals surface area (Å²) in [4.78, 5) is 0. The van der Waals surface area contributed by atoms with Crippen LogP contribution in [0.1, 0.15) is 20.8 Å². The SMILES string of the molecule is CC[N+](CC)(CC)c1cccc2ccccc12. The molecule has 1 nitrogen and oxygen atoms in total. The highest BCUT2D eigenvalue weighted by Gasteiger charge is 2.25. The lowest BCUT2D eigenvalue weighted by molar-refractivity contribution is 0.318. The zero-order valence-electron chi connectivity index (χ0n) is 11.1. The molecule has 0 saturated carbocycles. The lowest BCUT2D eigenvalue weighted by atomic mass is 10.1. The van der Waals surface area contributed by atoms with Gasteiger partial charge in [-0.05, 0) is 38.3 Å². The van der Waals surface area contributed by atoms with Gasteiger partial charge in [0.25, 0.3) is 0 Å². The van der Waals surface area contributed by atoms with Crippen LogP contribution in [0.2, 0.25) is 0 Å². The molecular formula is C16H22N+. The van der Waals surface area contributed by atoms with E-state index in [1.54, 1.807) is 0 Å². The van der Waals surface area contributed by atoms with Gasteiger partial charge in [0.15, 0.2) is 0 Å². The predicted molar refractivity (Wildman–Crippen MR) is 77.4 cm³/mol. The third-order valence-corrected chi connectivity index (χ3v) is 4.09. The fraction of sp³-hybridized carbons (Fsp3) is 0.375. The van der Waals surface area contributed by atoms with Crippen LogP contribution in [0.25, 0.3) is 10.8 Å². The standard InChI is InChI=1S/C16H22N/c1-4-17(5-2,6-3)16-13-9-11-14-10-7-8-12-15(14)16/h7-13H,4-6H2,1-3H3/q+1. The third kappa shape index (κ3) is 1.96. The van der Waals surface area contributed by atoms with Crippen LogP contribution >= 0.6 is 0 Å². The molecule has 0 atom stereocenters. The second kappa shape index (κ2) is 4.89. The zero-order valence-corrected chi connectivity index (χ0v) is 11.1. The van der Waals surface area contributed by atoms with Crippen LogP contribution in [0.3, 0.4) is 0 Å².